The van der Waals surface area contributed by atoms with Crippen LogP contribution in [0, 0.1) is 5.82 Å². The van der Waals surface area contributed by atoms with Gasteiger partial charge in [-0.3, -0.25) is 4.90 Å². The molecule has 1 rings (SSSR count). The molecule has 0 heterocycles. The number of halogens is 5. The van der Waals surface area contributed by atoms with E-state index in [0.29, 0.717) is 4.90 Å². The van der Waals surface area contributed by atoms with Crippen LogP contribution >= 0.6 is 46.4 Å². The van der Waals surface area contributed by atoms with Gasteiger partial charge in [-0.25, -0.2) is 9.18 Å². The lowest BCUT2D eigenvalue weighted by Crippen LogP contribution is -2.32. The Morgan fingerprint density at radius 2 is 1.90 bits per heavy atom. The minimum Gasteiger partial charge on any atom is -0.493 e. The van der Waals surface area contributed by atoms with Crippen LogP contribution in [0.3, 0.4) is 0 Å². The van der Waals surface area contributed by atoms with E-state index in [4.69, 9.17) is 46.4 Å². The van der Waals surface area contributed by atoms with Gasteiger partial charge in [0.1, 0.15) is 10.8 Å². The SMILES string of the molecule is CN(C(=O)Nc1ccccc1F)/C(O)=C(/Cl)C(Cl)(Cl)Cl. The Labute approximate surface area is 134 Å². The quantitative estimate of drug-likeness (QED) is 0.596. The van der Waals surface area contributed by atoms with Gasteiger partial charge in [0.05, 0.1) is 5.69 Å². The number of nitrogens with one attached hydrogen (secondary N) is 1. The first-order valence-corrected chi connectivity index (χ1v) is 6.61. The summed E-state index contributed by atoms with van der Waals surface area (Å²) in [6.45, 7) is 0. The number of amides is 2. The van der Waals surface area contributed by atoms with Gasteiger partial charge in [0.15, 0.2) is 0 Å². The van der Waals surface area contributed by atoms with E-state index in [1.54, 1.807) is 0 Å². The fourth-order valence-electron chi connectivity index (χ4n) is 1.13. The van der Waals surface area contributed by atoms with Gasteiger partial charge in [-0.05, 0) is 12.1 Å². The van der Waals surface area contributed by atoms with Gasteiger partial charge >= 0.3 is 6.03 Å². The Balaban J connectivity index is 2.91. The zero-order valence-electron chi connectivity index (χ0n) is 10.0. The zero-order valence-corrected chi connectivity index (χ0v) is 13.0. The van der Waals surface area contributed by atoms with Crippen LogP contribution in [0.2, 0.25) is 0 Å². The summed E-state index contributed by atoms with van der Waals surface area (Å²) in [7, 11) is 1.17. The summed E-state index contributed by atoms with van der Waals surface area (Å²) >= 11 is 22.0. The average Bonchev–Trinajstić information content (AvgIpc) is 2.37. The van der Waals surface area contributed by atoms with Crippen LogP contribution < -0.4 is 5.32 Å². The predicted molar refractivity (Wildman–Crippen MR) is 79.0 cm³/mol. The van der Waals surface area contributed by atoms with Gasteiger partial charge in [-0.15, -0.1) is 0 Å². The monoisotopic (exact) mass is 360 g/mol. The van der Waals surface area contributed by atoms with Crippen LogP contribution in [0.1, 0.15) is 0 Å². The minimum absolute atomic E-state index is 0.0674. The van der Waals surface area contributed by atoms with Crippen molar-refractivity contribution in [3.63, 3.8) is 0 Å². The molecule has 0 saturated heterocycles. The smallest absolute Gasteiger partial charge is 0.328 e. The molecule has 0 saturated carbocycles. The molecule has 0 radical (unpaired) electrons. The van der Waals surface area contributed by atoms with Gasteiger partial charge in [0, 0.05) is 7.05 Å². The van der Waals surface area contributed by atoms with Gasteiger partial charge < -0.3 is 10.4 Å². The van der Waals surface area contributed by atoms with Crippen LogP contribution in [0.25, 0.3) is 0 Å². The Morgan fingerprint density at radius 1 is 1.35 bits per heavy atom. The molecule has 2 N–H and O–H groups in total. The second kappa shape index (κ2) is 6.72. The highest BCUT2D eigenvalue weighted by Gasteiger charge is 2.31. The number of carbonyl (C=O) groups is 1. The van der Waals surface area contributed by atoms with Crippen molar-refractivity contribution in [2.24, 2.45) is 0 Å². The fraction of sp³-hybridized carbons (Fsp3) is 0.182. The topological polar surface area (TPSA) is 52.6 Å². The molecule has 0 aliphatic rings. The number of para-hydroxylation sites is 1. The van der Waals surface area contributed by atoms with E-state index in [1.807, 2.05) is 0 Å². The van der Waals surface area contributed by atoms with Crippen molar-refractivity contribution in [1.29, 1.82) is 0 Å². The number of aliphatic hydroxyl groups is 1. The van der Waals surface area contributed by atoms with E-state index < -0.39 is 26.6 Å². The molecule has 0 unspecified atom stereocenters. The molecule has 0 aliphatic carbocycles. The molecule has 1 aromatic rings. The normalized spacial score (nSPS) is 12.7. The molecule has 0 spiro atoms. The molecular formula is C11H9Cl4FN2O2. The van der Waals surface area contributed by atoms with Crippen molar-refractivity contribution in [2.45, 2.75) is 3.79 Å². The molecule has 9 heteroatoms. The number of hydrogen-bond acceptors (Lipinski definition) is 2. The lowest BCUT2D eigenvalue weighted by atomic mass is 10.3. The predicted octanol–water partition coefficient (Wildman–Crippen LogP) is 4.63. The number of urea groups is 1. The highest BCUT2D eigenvalue weighted by Crippen LogP contribution is 2.38. The maximum Gasteiger partial charge on any atom is 0.328 e. The van der Waals surface area contributed by atoms with Crippen molar-refractivity contribution in [2.75, 3.05) is 12.4 Å². The number of anilines is 1. The molecule has 0 atom stereocenters. The van der Waals surface area contributed by atoms with E-state index in [1.165, 1.54) is 31.3 Å². The number of allylic oxidation sites excluding steroid dienone is 1. The lowest BCUT2D eigenvalue weighted by molar-refractivity contribution is 0.204. The van der Waals surface area contributed by atoms with E-state index in [2.05, 4.69) is 5.32 Å². The van der Waals surface area contributed by atoms with Crippen molar-refractivity contribution >= 4 is 58.1 Å². The highest BCUT2D eigenvalue weighted by molar-refractivity contribution is 6.72. The third-order valence-corrected chi connectivity index (χ3v) is 3.49. The first kappa shape index (κ1) is 17.2. The second-order valence-electron chi connectivity index (χ2n) is 3.60. The van der Waals surface area contributed by atoms with Crippen molar-refractivity contribution in [3.05, 3.63) is 41.0 Å². The van der Waals surface area contributed by atoms with Gasteiger partial charge in [0.2, 0.25) is 9.68 Å². The largest absolute Gasteiger partial charge is 0.493 e. The van der Waals surface area contributed by atoms with Crippen LogP contribution in [-0.2, 0) is 0 Å². The fourth-order valence-corrected chi connectivity index (χ4v) is 1.51. The molecule has 0 aliphatic heterocycles. The minimum atomic E-state index is -2.09. The van der Waals surface area contributed by atoms with Crippen LogP contribution in [0.5, 0.6) is 0 Å². The molecular weight excluding hydrogens is 353 g/mol. The molecule has 1 aromatic carbocycles. The molecule has 0 bridgehead atoms. The summed E-state index contributed by atoms with van der Waals surface area (Å²) in [5.74, 6) is -1.40. The number of carbonyl (C=O) groups excluding carboxylic acids is 1. The number of aliphatic hydroxyl groups excluding tert-OH is 1. The summed E-state index contributed by atoms with van der Waals surface area (Å²) in [6, 6.07) is 4.65. The molecule has 0 fully saturated rings. The summed E-state index contributed by atoms with van der Waals surface area (Å²) in [6.07, 6.45) is 0. The highest BCUT2D eigenvalue weighted by atomic mass is 35.6. The van der Waals surface area contributed by atoms with Crippen LogP contribution in [0.15, 0.2) is 35.2 Å². The molecule has 20 heavy (non-hydrogen) atoms. The third kappa shape index (κ3) is 4.31. The van der Waals surface area contributed by atoms with E-state index in [0.717, 1.165) is 0 Å². The summed E-state index contributed by atoms with van der Waals surface area (Å²) in [4.78, 5) is 12.5. The maximum atomic E-state index is 13.4. The second-order valence-corrected chi connectivity index (χ2v) is 6.26. The van der Waals surface area contributed by atoms with Crippen molar-refractivity contribution in [3.8, 4) is 0 Å². The summed E-state index contributed by atoms with van der Waals surface area (Å²) in [5, 5.41) is 11.4. The van der Waals surface area contributed by atoms with E-state index in [9.17, 15) is 14.3 Å². The number of benzene rings is 1. The average molecular weight is 362 g/mol. The van der Waals surface area contributed by atoms with Crippen molar-refractivity contribution < 1.29 is 14.3 Å². The van der Waals surface area contributed by atoms with E-state index >= 15 is 0 Å². The molecule has 110 valence electrons. The number of alkyl halides is 3. The Morgan fingerprint density at radius 3 is 2.40 bits per heavy atom. The Bertz CT molecular complexity index is 545. The summed E-state index contributed by atoms with van der Waals surface area (Å²) in [5.41, 5.74) is -0.0674. The first-order valence-electron chi connectivity index (χ1n) is 5.09. The van der Waals surface area contributed by atoms with Crippen LogP contribution in [-0.4, -0.2) is 26.9 Å². The molecule has 2 amide bonds. The lowest BCUT2D eigenvalue weighted by Gasteiger charge is -2.20. The van der Waals surface area contributed by atoms with Crippen molar-refractivity contribution in [1.82, 2.24) is 4.90 Å². The van der Waals surface area contributed by atoms with Gasteiger partial charge in [-0.1, -0.05) is 58.5 Å². The van der Waals surface area contributed by atoms with Crippen LogP contribution in [0.4, 0.5) is 14.9 Å². The summed E-state index contributed by atoms with van der Waals surface area (Å²) < 4.78 is 11.3. The van der Waals surface area contributed by atoms with Gasteiger partial charge in [-0.2, -0.15) is 0 Å². The number of hydrogen-bond donors (Lipinski definition) is 2. The first-order chi connectivity index (χ1) is 9.14. The zero-order chi connectivity index (χ0) is 15.5. The van der Waals surface area contributed by atoms with E-state index in [-0.39, 0.29) is 5.69 Å². The van der Waals surface area contributed by atoms with Gasteiger partial charge in [0.25, 0.3) is 0 Å². The number of nitrogens with zero attached hydrogens (tertiary/aromatic N) is 1. The number of rotatable bonds is 2. The molecule has 0 aromatic heterocycles. The Kier molecular flexibility index (Phi) is 5.77. The Hall–Kier alpha value is -0.880. The molecule has 4 nitrogen and oxygen atoms in total. The third-order valence-electron chi connectivity index (χ3n) is 2.18. The standard InChI is InChI=1S/C11H9Cl4FN2O2/c1-18(9(19)8(12)11(13,14)15)10(20)17-7-5-3-2-4-6(7)16/h2-5,19H,1H3,(H,17,20)/b9-8-. The maximum absolute atomic E-state index is 13.4.